The fourth-order valence-electron chi connectivity index (χ4n) is 4.75. The lowest BCUT2D eigenvalue weighted by molar-refractivity contribution is -0.143. The van der Waals surface area contributed by atoms with Gasteiger partial charge in [-0.3, -0.25) is 4.79 Å². The van der Waals surface area contributed by atoms with Crippen molar-refractivity contribution in [2.75, 3.05) is 13.7 Å². The molecule has 1 aromatic heterocycles. The Balaban J connectivity index is 2.08. The Morgan fingerprint density at radius 3 is 2.28 bits per heavy atom. The molecule has 0 saturated heterocycles. The molecule has 0 bridgehead atoms. The molecule has 2 N–H and O–H groups in total. The van der Waals surface area contributed by atoms with Crippen molar-refractivity contribution in [3.63, 3.8) is 0 Å². The number of methoxy groups -OCH3 is 1. The van der Waals surface area contributed by atoms with E-state index >= 15 is 0 Å². The lowest BCUT2D eigenvalue weighted by Crippen LogP contribution is -2.19. The van der Waals surface area contributed by atoms with Crippen molar-refractivity contribution in [2.24, 2.45) is 0 Å². The van der Waals surface area contributed by atoms with Crippen molar-refractivity contribution in [2.45, 2.75) is 121 Å². The number of aliphatic hydroxyl groups is 1. The minimum Gasteiger partial charge on any atom is -0.466 e. The van der Waals surface area contributed by atoms with Gasteiger partial charge >= 0.3 is 11.9 Å². The van der Waals surface area contributed by atoms with Crippen molar-refractivity contribution < 1.29 is 24.2 Å². The van der Waals surface area contributed by atoms with E-state index in [1.165, 1.54) is 82.2 Å². The van der Waals surface area contributed by atoms with Gasteiger partial charge in [0.15, 0.2) is 5.16 Å². The number of nitrogens with one attached hydrogen (secondary N) is 1. The predicted molar refractivity (Wildman–Crippen MR) is 157 cm³/mol. The first-order valence-corrected chi connectivity index (χ1v) is 15.5. The predicted octanol–water partition coefficient (Wildman–Crippen LogP) is 7.51. The van der Waals surface area contributed by atoms with Crippen LogP contribution in [-0.4, -0.2) is 46.8 Å². The lowest BCUT2D eigenvalue weighted by atomic mass is 9.95. The first-order valence-electron chi connectivity index (χ1n) is 14.6. The van der Waals surface area contributed by atoms with Crippen molar-refractivity contribution in [1.29, 1.82) is 0 Å². The summed E-state index contributed by atoms with van der Waals surface area (Å²) in [5.41, 5.74) is 3.07. The van der Waals surface area contributed by atoms with Crippen LogP contribution in [-0.2, 0) is 20.7 Å². The number of hydrogen-bond donors (Lipinski definition) is 2. The molecular formula is C31H48N2O5S. The summed E-state index contributed by atoms with van der Waals surface area (Å²) < 4.78 is 9.92. The van der Waals surface area contributed by atoms with Crippen molar-refractivity contribution >= 4 is 23.7 Å². The molecule has 218 valence electrons. The van der Waals surface area contributed by atoms with Gasteiger partial charge in [0.1, 0.15) is 5.69 Å². The highest BCUT2D eigenvalue weighted by Gasteiger charge is 2.27. The van der Waals surface area contributed by atoms with Gasteiger partial charge in [0.25, 0.3) is 0 Å². The minimum atomic E-state index is -0.805. The number of rotatable bonds is 20. The van der Waals surface area contributed by atoms with E-state index in [0.29, 0.717) is 23.2 Å². The molecule has 0 amide bonds. The molecule has 0 aliphatic heterocycles. The highest BCUT2D eigenvalue weighted by molar-refractivity contribution is 7.99. The van der Waals surface area contributed by atoms with Crippen molar-refractivity contribution in [3.05, 3.63) is 46.8 Å². The highest BCUT2D eigenvalue weighted by Crippen LogP contribution is 2.40. The summed E-state index contributed by atoms with van der Waals surface area (Å²) in [4.78, 5) is 31.7. The molecule has 1 heterocycles. The van der Waals surface area contributed by atoms with Crippen molar-refractivity contribution in [1.82, 2.24) is 9.97 Å². The van der Waals surface area contributed by atoms with Crippen LogP contribution < -0.4 is 0 Å². The third-order valence-corrected chi connectivity index (χ3v) is 8.19. The molecule has 39 heavy (non-hydrogen) atoms. The van der Waals surface area contributed by atoms with Crippen LogP contribution in [0.5, 0.6) is 0 Å². The Morgan fingerprint density at radius 1 is 1.00 bits per heavy atom. The molecule has 2 aromatic rings. The zero-order valence-corrected chi connectivity index (χ0v) is 25.1. The number of benzene rings is 1. The monoisotopic (exact) mass is 560 g/mol. The maximum Gasteiger partial charge on any atom is 0.356 e. The average Bonchev–Trinajstić information content (AvgIpc) is 3.31. The molecule has 0 radical (unpaired) electrons. The van der Waals surface area contributed by atoms with Crippen LogP contribution in [0, 0.1) is 6.92 Å². The Bertz CT molecular complexity index is 993. The fraction of sp³-hybridized carbons (Fsp3) is 0.645. The largest absolute Gasteiger partial charge is 0.466 e. The number of unbranched alkanes of at least 4 members (excludes halogenated alkanes) is 9. The number of hydrogen-bond acceptors (Lipinski definition) is 7. The lowest BCUT2D eigenvalue weighted by Gasteiger charge is -2.24. The summed E-state index contributed by atoms with van der Waals surface area (Å²) in [6, 6.07) is 8.19. The number of aromatic nitrogens is 2. The van der Waals surface area contributed by atoms with Gasteiger partial charge in [0.05, 0.1) is 30.8 Å². The fourth-order valence-corrected chi connectivity index (χ4v) is 5.99. The van der Waals surface area contributed by atoms with E-state index in [4.69, 9.17) is 9.47 Å². The second kappa shape index (κ2) is 18.9. The number of nitrogens with zero attached hydrogens (tertiary/aromatic N) is 1. The molecule has 0 saturated carbocycles. The van der Waals surface area contributed by atoms with Crippen molar-refractivity contribution in [3.8, 4) is 0 Å². The Morgan fingerprint density at radius 2 is 1.64 bits per heavy atom. The van der Waals surface area contributed by atoms with Crippen LogP contribution in [0.3, 0.4) is 0 Å². The Hall–Kier alpha value is -2.32. The van der Waals surface area contributed by atoms with Gasteiger partial charge in [0, 0.05) is 6.42 Å². The maximum absolute atomic E-state index is 12.1. The average molecular weight is 561 g/mol. The molecule has 1 aromatic carbocycles. The number of esters is 2. The number of H-pyrrole nitrogens is 1. The summed E-state index contributed by atoms with van der Waals surface area (Å²) in [6.07, 6.45) is 13.4. The summed E-state index contributed by atoms with van der Waals surface area (Å²) >= 11 is 1.37. The van der Waals surface area contributed by atoms with Crippen LogP contribution in [0.25, 0.3) is 0 Å². The van der Waals surface area contributed by atoms with Gasteiger partial charge in [-0.1, -0.05) is 101 Å². The van der Waals surface area contributed by atoms with E-state index in [1.807, 2.05) is 18.2 Å². The standard InChI is InChI=1S/C31H48N2O5S/c1-5-7-8-9-10-11-12-13-14-15-18-24-19-16-17-20-25(24)29(26(34)21-22-27(35)38-6-2)39-31-32-23(3)28(33-31)30(36)37-4/h16-17,19-20,26,29,34H,5-15,18,21-22H2,1-4H3,(H,32,33). The molecule has 2 atom stereocenters. The number of carbonyl (C=O) groups is 2. The zero-order valence-electron chi connectivity index (χ0n) is 24.3. The van der Waals surface area contributed by atoms with Crippen LogP contribution in [0.4, 0.5) is 0 Å². The molecule has 0 fully saturated rings. The molecule has 8 heteroatoms. The molecule has 7 nitrogen and oxygen atoms in total. The van der Waals surface area contributed by atoms with Gasteiger partial charge in [-0.15, -0.1) is 0 Å². The number of aromatic amines is 1. The van der Waals surface area contributed by atoms with Gasteiger partial charge in [-0.05, 0) is 44.2 Å². The van der Waals surface area contributed by atoms with Crippen LogP contribution in [0.2, 0.25) is 0 Å². The molecule has 2 rings (SSSR count). The smallest absolute Gasteiger partial charge is 0.356 e. The van der Waals surface area contributed by atoms with Crippen LogP contribution >= 0.6 is 11.8 Å². The van der Waals surface area contributed by atoms with Crippen LogP contribution in [0.1, 0.15) is 123 Å². The molecular weight excluding hydrogens is 512 g/mol. The number of aryl methyl sites for hydroxylation is 2. The quantitative estimate of drug-likeness (QED) is 0.0982. The van der Waals surface area contributed by atoms with E-state index in [9.17, 15) is 14.7 Å². The summed E-state index contributed by atoms with van der Waals surface area (Å²) in [6.45, 7) is 6.09. The van der Waals surface area contributed by atoms with Gasteiger partial charge < -0.3 is 19.6 Å². The maximum atomic E-state index is 12.1. The van der Waals surface area contributed by atoms with E-state index in [2.05, 4.69) is 23.0 Å². The van der Waals surface area contributed by atoms with E-state index in [0.717, 1.165) is 18.4 Å². The van der Waals surface area contributed by atoms with E-state index in [1.54, 1.807) is 13.8 Å². The second-order valence-electron chi connectivity index (χ2n) is 10.1. The number of imidazole rings is 1. The molecule has 0 aliphatic carbocycles. The highest BCUT2D eigenvalue weighted by atomic mass is 32.2. The zero-order chi connectivity index (χ0) is 28.5. The third kappa shape index (κ3) is 11.8. The third-order valence-electron chi connectivity index (χ3n) is 6.95. The minimum absolute atomic E-state index is 0.136. The van der Waals surface area contributed by atoms with E-state index in [-0.39, 0.29) is 24.1 Å². The molecule has 0 aliphatic rings. The first kappa shape index (κ1) is 32.9. The summed E-state index contributed by atoms with van der Waals surface area (Å²) in [5.74, 6) is -0.798. The van der Waals surface area contributed by atoms with Gasteiger partial charge in [-0.2, -0.15) is 0 Å². The second-order valence-corrected chi connectivity index (χ2v) is 11.2. The van der Waals surface area contributed by atoms with E-state index < -0.39 is 12.1 Å². The van der Waals surface area contributed by atoms with Crippen LogP contribution in [0.15, 0.2) is 29.4 Å². The van der Waals surface area contributed by atoms with Gasteiger partial charge in [-0.25, -0.2) is 9.78 Å². The number of thioether (sulfide) groups is 1. The molecule has 2 unspecified atom stereocenters. The Labute approximate surface area is 238 Å². The Kier molecular flexibility index (Phi) is 15.9. The van der Waals surface area contributed by atoms with Gasteiger partial charge in [0.2, 0.25) is 0 Å². The number of aliphatic hydroxyl groups excluding tert-OH is 1. The first-order chi connectivity index (χ1) is 18.9. The normalized spacial score (nSPS) is 12.7. The SMILES string of the molecule is CCCCCCCCCCCCc1ccccc1C(Sc1nc(C)c(C(=O)OC)[nH]1)C(O)CCC(=O)OCC. The molecule has 0 spiro atoms. The summed E-state index contributed by atoms with van der Waals surface area (Å²) in [7, 11) is 1.33. The number of ether oxygens (including phenoxy) is 2. The topological polar surface area (TPSA) is 102 Å². The summed E-state index contributed by atoms with van der Waals surface area (Å²) in [5, 5.41) is 11.4. The number of carbonyl (C=O) groups excluding carboxylic acids is 2.